The van der Waals surface area contributed by atoms with E-state index in [0.29, 0.717) is 19.6 Å². The number of carbonyl (C=O) groups excluding carboxylic acids is 1. The van der Waals surface area contributed by atoms with E-state index in [1.165, 1.54) is 0 Å². The van der Waals surface area contributed by atoms with Gasteiger partial charge in [-0.05, 0) is 39.2 Å². The van der Waals surface area contributed by atoms with Crippen LogP contribution in [0.2, 0.25) is 0 Å². The number of carbonyl (C=O) groups is 2. The molecule has 6 nitrogen and oxygen atoms in total. The van der Waals surface area contributed by atoms with Gasteiger partial charge in [0, 0.05) is 6.61 Å². The summed E-state index contributed by atoms with van der Waals surface area (Å²) in [5, 5.41) is 11.5. The predicted molar refractivity (Wildman–Crippen MR) is 86.1 cm³/mol. The molecule has 0 aliphatic rings. The number of alkyl carbamates (subject to hydrolysis) is 1. The van der Waals surface area contributed by atoms with E-state index >= 15 is 0 Å². The van der Waals surface area contributed by atoms with Crippen LogP contribution in [0.15, 0.2) is 30.3 Å². The first-order chi connectivity index (χ1) is 10.8. The Morgan fingerprint density at radius 2 is 1.87 bits per heavy atom. The molecule has 0 heterocycles. The van der Waals surface area contributed by atoms with Crippen LogP contribution in [0.4, 0.5) is 4.79 Å². The molecule has 1 rings (SSSR count). The zero-order valence-electron chi connectivity index (χ0n) is 13.9. The highest BCUT2D eigenvalue weighted by atomic mass is 16.6. The van der Waals surface area contributed by atoms with E-state index in [9.17, 15) is 9.59 Å². The van der Waals surface area contributed by atoms with Gasteiger partial charge in [0.2, 0.25) is 0 Å². The van der Waals surface area contributed by atoms with Gasteiger partial charge in [-0.2, -0.15) is 0 Å². The van der Waals surface area contributed by atoms with Gasteiger partial charge in [0.05, 0.1) is 6.61 Å². The number of nitrogens with one attached hydrogen (secondary N) is 1. The van der Waals surface area contributed by atoms with Gasteiger partial charge >= 0.3 is 12.1 Å². The number of aliphatic carboxylic acids is 1. The summed E-state index contributed by atoms with van der Waals surface area (Å²) in [5.41, 5.74) is 0.403. The van der Waals surface area contributed by atoms with Crippen LogP contribution >= 0.6 is 0 Å². The fraction of sp³-hybridized carbons (Fsp3) is 0.529. The standard InChI is InChI=1S/C17H25NO5/c1-17(2,3)23-16(21)18-14(15(19)20)10-7-11-22-12-13-8-5-4-6-9-13/h4-6,8-9,14H,7,10-12H2,1-3H3,(H,18,21)(H,19,20)/t14-/m0/s1. The number of benzene rings is 1. The molecule has 0 aliphatic heterocycles. The number of carboxylic acid groups (broad SMARTS) is 1. The van der Waals surface area contributed by atoms with E-state index in [0.717, 1.165) is 5.56 Å². The van der Waals surface area contributed by atoms with Gasteiger partial charge in [-0.25, -0.2) is 9.59 Å². The zero-order chi connectivity index (χ0) is 17.3. The molecule has 1 aromatic rings. The Morgan fingerprint density at radius 3 is 2.43 bits per heavy atom. The minimum atomic E-state index is -1.08. The van der Waals surface area contributed by atoms with Crippen molar-refractivity contribution in [2.24, 2.45) is 0 Å². The van der Waals surface area contributed by atoms with Gasteiger partial charge in [-0.3, -0.25) is 0 Å². The molecular formula is C17H25NO5. The summed E-state index contributed by atoms with van der Waals surface area (Å²) >= 11 is 0. The first kappa shape index (κ1) is 19.0. The van der Waals surface area contributed by atoms with Gasteiger partial charge in [0.25, 0.3) is 0 Å². The number of rotatable bonds is 8. The van der Waals surface area contributed by atoms with Crippen molar-refractivity contribution in [2.45, 2.75) is 51.9 Å². The van der Waals surface area contributed by atoms with Crippen molar-refractivity contribution in [1.29, 1.82) is 0 Å². The van der Waals surface area contributed by atoms with E-state index in [1.54, 1.807) is 20.8 Å². The molecule has 0 fully saturated rings. The minimum absolute atomic E-state index is 0.281. The normalized spacial score (nSPS) is 12.5. The molecule has 128 valence electrons. The van der Waals surface area contributed by atoms with Crippen molar-refractivity contribution in [1.82, 2.24) is 5.32 Å². The molecule has 0 aromatic heterocycles. The lowest BCUT2D eigenvalue weighted by atomic mass is 10.1. The number of hydrogen-bond donors (Lipinski definition) is 2. The molecule has 0 aliphatic carbocycles. The Bertz CT molecular complexity index is 495. The Hall–Kier alpha value is -2.08. The summed E-state index contributed by atoms with van der Waals surface area (Å²) in [6.45, 7) is 6.08. The molecule has 0 unspecified atom stereocenters. The second-order valence-corrected chi connectivity index (χ2v) is 6.22. The van der Waals surface area contributed by atoms with E-state index in [1.807, 2.05) is 30.3 Å². The third-order valence-corrected chi connectivity index (χ3v) is 2.88. The van der Waals surface area contributed by atoms with Crippen molar-refractivity contribution in [2.75, 3.05) is 6.61 Å². The first-order valence-electron chi connectivity index (χ1n) is 7.62. The van der Waals surface area contributed by atoms with Crippen molar-refractivity contribution >= 4 is 12.1 Å². The third-order valence-electron chi connectivity index (χ3n) is 2.88. The van der Waals surface area contributed by atoms with Crippen LogP contribution in [0.5, 0.6) is 0 Å². The second kappa shape index (κ2) is 9.15. The average molecular weight is 323 g/mol. The molecule has 0 radical (unpaired) electrons. The molecule has 0 saturated carbocycles. The Labute approximate surface area is 136 Å². The summed E-state index contributed by atoms with van der Waals surface area (Å²) in [5.74, 6) is -1.08. The lowest BCUT2D eigenvalue weighted by Crippen LogP contribution is -2.43. The van der Waals surface area contributed by atoms with E-state index < -0.39 is 23.7 Å². The molecular weight excluding hydrogens is 298 g/mol. The zero-order valence-corrected chi connectivity index (χ0v) is 13.9. The average Bonchev–Trinajstić information content (AvgIpc) is 2.44. The number of carboxylic acids is 1. The van der Waals surface area contributed by atoms with Crippen LogP contribution in [0.25, 0.3) is 0 Å². The van der Waals surface area contributed by atoms with Crippen LogP contribution in [-0.2, 0) is 20.9 Å². The highest BCUT2D eigenvalue weighted by molar-refractivity contribution is 5.79. The molecule has 1 atom stereocenters. The first-order valence-corrected chi connectivity index (χ1v) is 7.62. The monoisotopic (exact) mass is 323 g/mol. The molecule has 2 N–H and O–H groups in total. The summed E-state index contributed by atoms with van der Waals surface area (Å²) in [7, 11) is 0. The van der Waals surface area contributed by atoms with Crippen LogP contribution in [0.3, 0.4) is 0 Å². The predicted octanol–water partition coefficient (Wildman–Crippen LogP) is 2.96. The lowest BCUT2D eigenvalue weighted by Gasteiger charge is -2.22. The smallest absolute Gasteiger partial charge is 0.408 e. The van der Waals surface area contributed by atoms with Gasteiger partial charge < -0.3 is 19.9 Å². The van der Waals surface area contributed by atoms with E-state index in [4.69, 9.17) is 14.6 Å². The summed E-state index contributed by atoms with van der Waals surface area (Å²) in [6.07, 6.45) is 0.0817. The topological polar surface area (TPSA) is 84.9 Å². The number of hydrogen-bond acceptors (Lipinski definition) is 4. The van der Waals surface area contributed by atoms with Crippen molar-refractivity contribution in [3.8, 4) is 0 Å². The van der Waals surface area contributed by atoms with Crippen LogP contribution in [-0.4, -0.2) is 35.4 Å². The fourth-order valence-corrected chi connectivity index (χ4v) is 1.86. The fourth-order valence-electron chi connectivity index (χ4n) is 1.86. The van der Waals surface area contributed by atoms with Crippen molar-refractivity contribution in [3.05, 3.63) is 35.9 Å². The Kier molecular flexibility index (Phi) is 7.54. The maximum absolute atomic E-state index is 11.6. The summed E-state index contributed by atoms with van der Waals surface area (Å²) < 4.78 is 10.6. The largest absolute Gasteiger partial charge is 0.480 e. The van der Waals surface area contributed by atoms with Crippen LogP contribution < -0.4 is 5.32 Å². The van der Waals surface area contributed by atoms with Crippen molar-refractivity contribution in [3.63, 3.8) is 0 Å². The number of amides is 1. The summed E-state index contributed by atoms with van der Waals surface area (Å²) in [6, 6.07) is 8.75. The van der Waals surface area contributed by atoms with Crippen molar-refractivity contribution < 1.29 is 24.2 Å². The van der Waals surface area contributed by atoms with Crippen LogP contribution in [0.1, 0.15) is 39.2 Å². The van der Waals surface area contributed by atoms with Gasteiger partial charge in [-0.1, -0.05) is 30.3 Å². The molecule has 1 aromatic carbocycles. The second-order valence-electron chi connectivity index (χ2n) is 6.22. The molecule has 23 heavy (non-hydrogen) atoms. The summed E-state index contributed by atoms with van der Waals surface area (Å²) in [4.78, 5) is 22.8. The van der Waals surface area contributed by atoms with Crippen LogP contribution in [0, 0.1) is 0 Å². The Balaban J connectivity index is 2.28. The maximum Gasteiger partial charge on any atom is 0.408 e. The molecule has 0 bridgehead atoms. The number of ether oxygens (including phenoxy) is 2. The molecule has 0 saturated heterocycles. The quantitative estimate of drug-likeness (QED) is 0.718. The maximum atomic E-state index is 11.6. The van der Waals surface area contributed by atoms with E-state index in [-0.39, 0.29) is 6.42 Å². The lowest BCUT2D eigenvalue weighted by molar-refractivity contribution is -0.139. The minimum Gasteiger partial charge on any atom is -0.480 e. The van der Waals surface area contributed by atoms with E-state index in [2.05, 4.69) is 5.32 Å². The molecule has 0 spiro atoms. The SMILES string of the molecule is CC(C)(C)OC(=O)N[C@@H](CCCOCc1ccccc1)C(=O)O. The highest BCUT2D eigenvalue weighted by Gasteiger charge is 2.23. The van der Waals surface area contributed by atoms with Gasteiger partial charge in [0.1, 0.15) is 11.6 Å². The van der Waals surface area contributed by atoms with Gasteiger partial charge in [0.15, 0.2) is 0 Å². The highest BCUT2D eigenvalue weighted by Crippen LogP contribution is 2.08. The Morgan fingerprint density at radius 1 is 1.22 bits per heavy atom. The van der Waals surface area contributed by atoms with Gasteiger partial charge in [-0.15, -0.1) is 0 Å². The molecule has 1 amide bonds. The molecule has 6 heteroatoms. The third kappa shape index (κ3) is 8.83.